The molecule has 0 radical (unpaired) electrons. The first-order valence-electron chi connectivity index (χ1n) is 5.48. The Hall–Kier alpha value is -0.580. The Kier molecular flexibility index (Phi) is 5.80. The average Bonchev–Trinajstić information content (AvgIpc) is 2.23. The van der Waals surface area contributed by atoms with Gasteiger partial charge in [-0.2, -0.15) is 11.8 Å². The fraction of sp³-hybridized carbons (Fsp3) is 0.500. The van der Waals surface area contributed by atoms with Crippen LogP contribution < -0.4 is 11.3 Å². The maximum Gasteiger partial charge on any atom is 0.123 e. The van der Waals surface area contributed by atoms with Crippen molar-refractivity contribution in [1.82, 2.24) is 5.43 Å². The highest BCUT2D eigenvalue weighted by atomic mass is 32.2. The van der Waals surface area contributed by atoms with Crippen molar-refractivity contribution in [3.05, 3.63) is 35.1 Å². The standard InChI is InChI=1S/C12H19FN2S/c1-3-4-16-8-12(15-14)10-5-9(2)6-11(13)7-10/h5-7,12,15H,3-4,8,14H2,1-2H3. The topological polar surface area (TPSA) is 38.0 Å². The Morgan fingerprint density at radius 3 is 2.75 bits per heavy atom. The zero-order valence-corrected chi connectivity index (χ0v) is 10.6. The van der Waals surface area contributed by atoms with E-state index in [0.29, 0.717) is 0 Å². The first-order chi connectivity index (χ1) is 7.67. The summed E-state index contributed by atoms with van der Waals surface area (Å²) in [4.78, 5) is 0. The molecule has 1 atom stereocenters. The molecule has 0 amide bonds. The second-order valence-electron chi connectivity index (χ2n) is 3.86. The Bertz CT molecular complexity index is 311. The number of hydrogen-bond acceptors (Lipinski definition) is 3. The summed E-state index contributed by atoms with van der Waals surface area (Å²) in [5.41, 5.74) is 4.59. The van der Waals surface area contributed by atoms with Crippen molar-refractivity contribution in [2.24, 2.45) is 5.84 Å². The molecule has 4 heteroatoms. The van der Waals surface area contributed by atoms with Gasteiger partial charge in [0.2, 0.25) is 0 Å². The van der Waals surface area contributed by atoms with Gasteiger partial charge in [-0.3, -0.25) is 11.3 Å². The van der Waals surface area contributed by atoms with Crippen LogP contribution in [0.15, 0.2) is 18.2 Å². The van der Waals surface area contributed by atoms with Crippen molar-refractivity contribution in [3.8, 4) is 0 Å². The van der Waals surface area contributed by atoms with Gasteiger partial charge in [-0.1, -0.05) is 13.0 Å². The van der Waals surface area contributed by atoms with Crippen LogP contribution >= 0.6 is 11.8 Å². The molecule has 1 unspecified atom stereocenters. The largest absolute Gasteiger partial charge is 0.271 e. The summed E-state index contributed by atoms with van der Waals surface area (Å²) in [7, 11) is 0. The number of rotatable bonds is 6. The molecule has 1 rings (SSSR count). The van der Waals surface area contributed by atoms with E-state index < -0.39 is 0 Å². The lowest BCUT2D eigenvalue weighted by Crippen LogP contribution is -2.29. The molecule has 0 heterocycles. The summed E-state index contributed by atoms with van der Waals surface area (Å²) in [6, 6.07) is 5.06. The van der Waals surface area contributed by atoms with Crippen LogP contribution in [-0.4, -0.2) is 11.5 Å². The fourth-order valence-corrected chi connectivity index (χ4v) is 2.53. The third-order valence-corrected chi connectivity index (χ3v) is 3.57. The van der Waals surface area contributed by atoms with Crippen LogP contribution in [0.4, 0.5) is 4.39 Å². The van der Waals surface area contributed by atoms with Crippen molar-refractivity contribution in [2.45, 2.75) is 26.3 Å². The van der Waals surface area contributed by atoms with E-state index in [0.717, 1.165) is 29.1 Å². The molecule has 2 nitrogen and oxygen atoms in total. The molecule has 0 aliphatic carbocycles. The van der Waals surface area contributed by atoms with Gasteiger partial charge < -0.3 is 0 Å². The van der Waals surface area contributed by atoms with Crippen LogP contribution in [0.5, 0.6) is 0 Å². The van der Waals surface area contributed by atoms with E-state index in [4.69, 9.17) is 5.84 Å². The zero-order chi connectivity index (χ0) is 12.0. The number of nitrogens with two attached hydrogens (primary N) is 1. The fourth-order valence-electron chi connectivity index (χ4n) is 1.55. The minimum Gasteiger partial charge on any atom is -0.271 e. The minimum absolute atomic E-state index is 0.0194. The summed E-state index contributed by atoms with van der Waals surface area (Å²) < 4.78 is 13.2. The number of hydrazine groups is 1. The van der Waals surface area contributed by atoms with Crippen molar-refractivity contribution in [1.29, 1.82) is 0 Å². The lowest BCUT2D eigenvalue weighted by atomic mass is 10.1. The van der Waals surface area contributed by atoms with Crippen molar-refractivity contribution in [2.75, 3.05) is 11.5 Å². The lowest BCUT2D eigenvalue weighted by molar-refractivity contribution is 0.590. The summed E-state index contributed by atoms with van der Waals surface area (Å²) in [5, 5.41) is 0. The van der Waals surface area contributed by atoms with Gasteiger partial charge in [0.15, 0.2) is 0 Å². The second-order valence-corrected chi connectivity index (χ2v) is 5.01. The molecule has 0 saturated heterocycles. The summed E-state index contributed by atoms with van der Waals surface area (Å²) in [5.74, 6) is 7.27. The molecule has 3 N–H and O–H groups in total. The maximum absolute atomic E-state index is 13.2. The van der Waals surface area contributed by atoms with Crippen molar-refractivity contribution < 1.29 is 4.39 Å². The highest BCUT2D eigenvalue weighted by Gasteiger charge is 2.10. The predicted molar refractivity (Wildman–Crippen MR) is 68.8 cm³/mol. The Morgan fingerprint density at radius 1 is 1.44 bits per heavy atom. The van der Waals surface area contributed by atoms with Crippen LogP contribution in [0.2, 0.25) is 0 Å². The number of benzene rings is 1. The first kappa shape index (κ1) is 13.5. The molecule has 0 saturated carbocycles. The Labute approximate surface area is 101 Å². The van der Waals surface area contributed by atoms with Crippen LogP contribution in [0.3, 0.4) is 0 Å². The summed E-state index contributed by atoms with van der Waals surface area (Å²) in [6.45, 7) is 4.03. The number of nitrogens with one attached hydrogen (secondary N) is 1. The second kappa shape index (κ2) is 6.89. The molecule has 16 heavy (non-hydrogen) atoms. The Balaban J connectivity index is 2.70. The molecule has 1 aromatic rings. The van der Waals surface area contributed by atoms with E-state index in [9.17, 15) is 4.39 Å². The average molecular weight is 242 g/mol. The van der Waals surface area contributed by atoms with Gasteiger partial charge in [0.25, 0.3) is 0 Å². The molecule has 0 aliphatic rings. The molecule has 90 valence electrons. The van der Waals surface area contributed by atoms with E-state index >= 15 is 0 Å². The van der Waals surface area contributed by atoms with Crippen molar-refractivity contribution in [3.63, 3.8) is 0 Å². The molecule has 0 aromatic heterocycles. The number of halogens is 1. The molecule has 1 aromatic carbocycles. The predicted octanol–water partition coefficient (Wildman–Crippen LogP) is 2.78. The highest BCUT2D eigenvalue weighted by molar-refractivity contribution is 7.99. The minimum atomic E-state index is -0.198. The van der Waals surface area contributed by atoms with Gasteiger partial charge in [0.1, 0.15) is 5.82 Å². The van der Waals surface area contributed by atoms with Gasteiger partial charge in [-0.25, -0.2) is 4.39 Å². The molecular weight excluding hydrogens is 223 g/mol. The Morgan fingerprint density at radius 2 is 2.19 bits per heavy atom. The van der Waals surface area contributed by atoms with E-state index in [1.54, 1.807) is 6.07 Å². The van der Waals surface area contributed by atoms with Crippen LogP contribution in [0.25, 0.3) is 0 Å². The van der Waals surface area contributed by atoms with Crippen molar-refractivity contribution >= 4 is 11.8 Å². The SMILES string of the molecule is CCCSCC(NN)c1cc(C)cc(F)c1. The summed E-state index contributed by atoms with van der Waals surface area (Å²) >= 11 is 1.83. The van der Waals surface area contributed by atoms with E-state index in [2.05, 4.69) is 12.3 Å². The number of thioether (sulfide) groups is 1. The van der Waals surface area contributed by atoms with Gasteiger partial charge in [-0.15, -0.1) is 0 Å². The van der Waals surface area contributed by atoms with Crippen LogP contribution in [-0.2, 0) is 0 Å². The van der Waals surface area contributed by atoms with Crippen LogP contribution in [0, 0.1) is 12.7 Å². The van der Waals surface area contributed by atoms with Gasteiger partial charge >= 0.3 is 0 Å². The molecular formula is C12H19FN2S. The number of aryl methyl sites for hydroxylation is 1. The molecule has 0 spiro atoms. The third-order valence-electron chi connectivity index (χ3n) is 2.30. The maximum atomic E-state index is 13.2. The normalized spacial score (nSPS) is 12.8. The number of hydrogen-bond donors (Lipinski definition) is 2. The smallest absolute Gasteiger partial charge is 0.123 e. The van der Waals surface area contributed by atoms with E-state index in [-0.39, 0.29) is 11.9 Å². The van der Waals surface area contributed by atoms with Gasteiger partial charge in [0, 0.05) is 5.75 Å². The quantitative estimate of drug-likeness (QED) is 0.457. The molecule has 0 bridgehead atoms. The first-order valence-corrected chi connectivity index (χ1v) is 6.63. The van der Waals surface area contributed by atoms with Crippen LogP contribution in [0.1, 0.15) is 30.5 Å². The lowest BCUT2D eigenvalue weighted by Gasteiger charge is -2.16. The van der Waals surface area contributed by atoms with E-state index in [1.807, 2.05) is 24.8 Å². The molecule has 0 aliphatic heterocycles. The van der Waals surface area contributed by atoms with Gasteiger partial charge in [-0.05, 0) is 42.4 Å². The third kappa shape index (κ3) is 4.12. The zero-order valence-electron chi connectivity index (χ0n) is 9.79. The highest BCUT2D eigenvalue weighted by Crippen LogP contribution is 2.20. The van der Waals surface area contributed by atoms with E-state index in [1.165, 1.54) is 6.07 Å². The summed E-state index contributed by atoms with van der Waals surface area (Å²) in [6.07, 6.45) is 1.14. The molecule has 0 fully saturated rings. The monoisotopic (exact) mass is 242 g/mol. The van der Waals surface area contributed by atoms with Gasteiger partial charge in [0.05, 0.1) is 6.04 Å².